The first-order valence-electron chi connectivity index (χ1n) is 11.7. The Balaban J connectivity index is 1.48. The maximum absolute atomic E-state index is 14.0. The summed E-state index contributed by atoms with van der Waals surface area (Å²) < 4.78 is 66.4. The first-order valence-corrected chi connectivity index (χ1v) is 11.7. The fraction of sp³-hybridized carbons (Fsp3) is 0.269. The summed E-state index contributed by atoms with van der Waals surface area (Å²) in [4.78, 5) is 21.4. The molecule has 0 bridgehead atoms. The quantitative estimate of drug-likeness (QED) is 0.354. The molecule has 1 fully saturated rings. The summed E-state index contributed by atoms with van der Waals surface area (Å²) in [5.74, 6) is -0.0740. The molecule has 0 unspecified atom stereocenters. The maximum Gasteiger partial charge on any atom is 0.433 e. The van der Waals surface area contributed by atoms with Crippen molar-refractivity contribution < 1.29 is 31.8 Å². The van der Waals surface area contributed by atoms with E-state index in [1.807, 2.05) is 4.90 Å². The molecular formula is C26H23F4N5O3. The zero-order valence-electron chi connectivity index (χ0n) is 20.5. The SMILES string of the molecule is COc1ccc(-c2cc(C(F)(F)F)n3ncc(C(=O)N4CCN(c5ccc(F)cc5)CC4)c3n2)cc1OC. The van der Waals surface area contributed by atoms with Gasteiger partial charge in [-0.05, 0) is 48.5 Å². The summed E-state index contributed by atoms with van der Waals surface area (Å²) in [7, 11) is 2.87. The van der Waals surface area contributed by atoms with Gasteiger partial charge in [-0.1, -0.05) is 0 Å². The number of anilines is 1. The largest absolute Gasteiger partial charge is 0.493 e. The van der Waals surface area contributed by atoms with Crippen LogP contribution in [0.15, 0.2) is 54.7 Å². The van der Waals surface area contributed by atoms with Gasteiger partial charge in [0.1, 0.15) is 11.4 Å². The minimum atomic E-state index is -4.75. The number of halogens is 4. The third-order valence-electron chi connectivity index (χ3n) is 6.43. The molecule has 12 heteroatoms. The van der Waals surface area contributed by atoms with Gasteiger partial charge >= 0.3 is 6.18 Å². The van der Waals surface area contributed by atoms with Crippen LogP contribution >= 0.6 is 0 Å². The molecule has 8 nitrogen and oxygen atoms in total. The van der Waals surface area contributed by atoms with Crippen molar-refractivity contribution in [3.8, 4) is 22.8 Å². The van der Waals surface area contributed by atoms with E-state index in [1.54, 1.807) is 29.2 Å². The molecule has 1 aliphatic heterocycles. The molecule has 5 rings (SSSR count). The van der Waals surface area contributed by atoms with Gasteiger partial charge in [-0.25, -0.2) is 13.9 Å². The highest BCUT2D eigenvalue weighted by atomic mass is 19.4. The van der Waals surface area contributed by atoms with Gasteiger partial charge in [0.05, 0.1) is 26.1 Å². The summed E-state index contributed by atoms with van der Waals surface area (Å²) in [6, 6.07) is 11.6. The van der Waals surface area contributed by atoms with Crippen LogP contribution in [0.4, 0.5) is 23.2 Å². The number of piperazine rings is 1. The van der Waals surface area contributed by atoms with E-state index in [1.165, 1.54) is 32.4 Å². The topological polar surface area (TPSA) is 72.2 Å². The molecule has 198 valence electrons. The second-order valence-corrected chi connectivity index (χ2v) is 8.64. The molecule has 38 heavy (non-hydrogen) atoms. The van der Waals surface area contributed by atoms with Crippen molar-refractivity contribution in [2.75, 3.05) is 45.3 Å². The molecule has 0 atom stereocenters. The van der Waals surface area contributed by atoms with Crippen molar-refractivity contribution in [1.82, 2.24) is 19.5 Å². The molecule has 0 N–H and O–H groups in total. The number of alkyl halides is 3. The Labute approximate surface area is 215 Å². The highest BCUT2D eigenvalue weighted by Gasteiger charge is 2.36. The standard InChI is InChI=1S/C26H23F4N5O3/c1-37-21-8-3-16(13-22(21)38-2)20-14-23(26(28,29)30)35-24(32-20)19(15-31-35)25(36)34-11-9-33(10-12-34)18-6-4-17(27)5-7-18/h3-8,13-15H,9-12H2,1-2H3. The molecule has 2 aromatic heterocycles. The lowest BCUT2D eigenvalue weighted by Crippen LogP contribution is -2.48. The minimum absolute atomic E-state index is 0.00135. The van der Waals surface area contributed by atoms with Gasteiger partial charge < -0.3 is 19.3 Å². The lowest BCUT2D eigenvalue weighted by atomic mass is 10.1. The number of nitrogens with zero attached hydrogens (tertiary/aromatic N) is 5. The maximum atomic E-state index is 14.0. The van der Waals surface area contributed by atoms with Crippen molar-refractivity contribution in [2.24, 2.45) is 0 Å². The molecule has 3 heterocycles. The second-order valence-electron chi connectivity index (χ2n) is 8.64. The Morgan fingerprint density at radius 1 is 0.921 bits per heavy atom. The highest BCUT2D eigenvalue weighted by Crippen LogP contribution is 2.36. The van der Waals surface area contributed by atoms with E-state index >= 15 is 0 Å². The number of ether oxygens (including phenoxy) is 2. The lowest BCUT2D eigenvalue weighted by Gasteiger charge is -2.36. The predicted octanol–water partition coefficient (Wildman–Crippen LogP) is 4.53. The van der Waals surface area contributed by atoms with Crippen molar-refractivity contribution in [3.05, 3.63) is 71.8 Å². The van der Waals surface area contributed by atoms with Crippen molar-refractivity contribution >= 4 is 17.2 Å². The van der Waals surface area contributed by atoms with Crippen LogP contribution in [0.25, 0.3) is 16.9 Å². The molecule has 0 spiro atoms. The van der Waals surface area contributed by atoms with Gasteiger partial charge in [0.15, 0.2) is 22.8 Å². The first kappa shape index (κ1) is 25.3. The Bertz CT molecular complexity index is 1480. The number of methoxy groups -OCH3 is 2. The highest BCUT2D eigenvalue weighted by molar-refractivity contribution is 6.00. The molecule has 1 aliphatic rings. The van der Waals surface area contributed by atoms with Crippen molar-refractivity contribution in [2.45, 2.75) is 6.18 Å². The molecule has 0 saturated carbocycles. The lowest BCUT2D eigenvalue weighted by molar-refractivity contribution is -0.142. The Hall–Kier alpha value is -4.35. The van der Waals surface area contributed by atoms with Crippen LogP contribution in [-0.2, 0) is 6.18 Å². The predicted molar refractivity (Wildman–Crippen MR) is 131 cm³/mol. The number of carbonyl (C=O) groups is 1. The van der Waals surface area contributed by atoms with E-state index in [4.69, 9.17) is 9.47 Å². The number of fused-ring (bicyclic) bond motifs is 1. The number of hydrogen-bond acceptors (Lipinski definition) is 6. The molecule has 0 aliphatic carbocycles. The van der Waals surface area contributed by atoms with Crippen LogP contribution in [0, 0.1) is 5.82 Å². The Morgan fingerprint density at radius 2 is 1.61 bits per heavy atom. The summed E-state index contributed by atoms with van der Waals surface area (Å²) in [5.41, 5.74) is -0.119. The zero-order chi connectivity index (χ0) is 27.0. The third kappa shape index (κ3) is 4.69. The number of rotatable bonds is 5. The molecule has 1 saturated heterocycles. The van der Waals surface area contributed by atoms with Gasteiger partial charge in [-0.2, -0.15) is 18.3 Å². The van der Waals surface area contributed by atoms with E-state index in [2.05, 4.69) is 10.1 Å². The van der Waals surface area contributed by atoms with Crippen LogP contribution in [-0.4, -0.2) is 65.8 Å². The van der Waals surface area contributed by atoms with E-state index in [9.17, 15) is 22.4 Å². The average molecular weight is 529 g/mol. The number of hydrogen-bond donors (Lipinski definition) is 0. The summed E-state index contributed by atoms with van der Waals surface area (Å²) in [6.07, 6.45) is -3.63. The fourth-order valence-electron chi connectivity index (χ4n) is 4.45. The van der Waals surface area contributed by atoms with Gasteiger partial charge in [-0.15, -0.1) is 0 Å². The number of amides is 1. The molecule has 4 aromatic rings. The first-order chi connectivity index (χ1) is 18.2. The van der Waals surface area contributed by atoms with E-state index in [0.29, 0.717) is 47.8 Å². The van der Waals surface area contributed by atoms with Crippen LogP contribution in [0.3, 0.4) is 0 Å². The average Bonchev–Trinajstić information content (AvgIpc) is 3.35. The Morgan fingerprint density at radius 3 is 2.24 bits per heavy atom. The molecule has 2 aromatic carbocycles. The Kier molecular flexibility index (Phi) is 6.55. The van der Waals surface area contributed by atoms with Crippen LogP contribution in [0.1, 0.15) is 16.1 Å². The summed E-state index contributed by atoms with van der Waals surface area (Å²) in [6.45, 7) is 1.62. The van der Waals surface area contributed by atoms with E-state index < -0.39 is 17.8 Å². The smallest absolute Gasteiger partial charge is 0.433 e. The second kappa shape index (κ2) is 9.84. The minimum Gasteiger partial charge on any atom is -0.493 e. The van der Waals surface area contributed by atoms with Gasteiger partial charge in [0, 0.05) is 37.4 Å². The normalized spacial score (nSPS) is 14.2. The zero-order valence-corrected chi connectivity index (χ0v) is 20.5. The third-order valence-corrected chi connectivity index (χ3v) is 6.43. The van der Waals surface area contributed by atoms with E-state index in [0.717, 1.165) is 18.0 Å². The molecular weight excluding hydrogens is 506 g/mol. The number of benzene rings is 2. The summed E-state index contributed by atoms with van der Waals surface area (Å²) in [5, 5.41) is 3.86. The fourth-order valence-corrected chi connectivity index (χ4v) is 4.45. The van der Waals surface area contributed by atoms with Crippen molar-refractivity contribution in [1.29, 1.82) is 0 Å². The van der Waals surface area contributed by atoms with Crippen molar-refractivity contribution in [3.63, 3.8) is 0 Å². The molecule has 0 radical (unpaired) electrons. The molecule has 1 amide bonds. The van der Waals surface area contributed by atoms with Crippen LogP contribution < -0.4 is 14.4 Å². The number of aromatic nitrogens is 3. The summed E-state index contributed by atoms with van der Waals surface area (Å²) >= 11 is 0. The number of carbonyl (C=O) groups excluding carboxylic acids is 1. The van der Waals surface area contributed by atoms with Crippen LogP contribution in [0.2, 0.25) is 0 Å². The van der Waals surface area contributed by atoms with Gasteiger partial charge in [0.2, 0.25) is 0 Å². The monoisotopic (exact) mass is 529 g/mol. The van der Waals surface area contributed by atoms with Crippen LogP contribution in [0.5, 0.6) is 11.5 Å². The van der Waals surface area contributed by atoms with Gasteiger partial charge in [0.25, 0.3) is 5.91 Å². The van der Waals surface area contributed by atoms with E-state index in [-0.39, 0.29) is 22.7 Å². The van der Waals surface area contributed by atoms with Gasteiger partial charge in [-0.3, -0.25) is 4.79 Å².